The minimum absolute atomic E-state index is 0.175. The fourth-order valence-electron chi connectivity index (χ4n) is 1.48. The highest BCUT2D eigenvalue weighted by atomic mass is 16.5. The fourth-order valence-corrected chi connectivity index (χ4v) is 1.48. The largest absolute Gasteiger partial charge is 0.384 e. The lowest BCUT2D eigenvalue weighted by atomic mass is 10.1. The summed E-state index contributed by atoms with van der Waals surface area (Å²) in [6, 6.07) is 0. The molecule has 1 fully saturated rings. The monoisotopic (exact) mass is 179 g/mol. The molecular weight excluding hydrogens is 166 g/mol. The van der Waals surface area contributed by atoms with E-state index in [2.05, 4.69) is 16.8 Å². The Kier molecular flexibility index (Phi) is 1.84. The summed E-state index contributed by atoms with van der Waals surface area (Å²) in [7, 11) is 0. The maximum absolute atomic E-state index is 5.71. The lowest BCUT2D eigenvalue weighted by Crippen LogP contribution is -2.13. The first kappa shape index (κ1) is 8.31. The van der Waals surface area contributed by atoms with E-state index in [4.69, 9.17) is 10.5 Å². The minimum Gasteiger partial charge on any atom is -0.384 e. The van der Waals surface area contributed by atoms with Crippen LogP contribution >= 0.6 is 0 Å². The summed E-state index contributed by atoms with van der Waals surface area (Å²) in [5.74, 6) is 0.613. The first-order valence-corrected chi connectivity index (χ1v) is 4.33. The lowest BCUT2D eigenvalue weighted by Gasteiger charge is -2.13. The van der Waals surface area contributed by atoms with Crippen LogP contribution in [0, 0.1) is 0 Å². The molecule has 1 heterocycles. The molecule has 1 aliphatic carbocycles. The molecular formula is C9H13N3O. The van der Waals surface area contributed by atoms with Gasteiger partial charge in [0, 0.05) is 5.56 Å². The number of nitrogens with two attached hydrogens (primary N) is 1. The van der Waals surface area contributed by atoms with Gasteiger partial charge in [0.15, 0.2) is 0 Å². The Labute approximate surface area is 76.8 Å². The third-order valence-electron chi connectivity index (χ3n) is 2.34. The summed E-state index contributed by atoms with van der Waals surface area (Å²) >= 11 is 0. The number of rotatable bonds is 4. The summed E-state index contributed by atoms with van der Waals surface area (Å²) in [5.41, 5.74) is 6.52. The second-order valence-corrected chi connectivity index (χ2v) is 3.29. The van der Waals surface area contributed by atoms with Crippen molar-refractivity contribution in [3.8, 4) is 0 Å². The van der Waals surface area contributed by atoms with Crippen LogP contribution in [-0.2, 0) is 10.3 Å². The average molecular weight is 179 g/mol. The molecule has 0 aromatic carbocycles. The Morgan fingerprint density at radius 2 is 2.54 bits per heavy atom. The molecule has 13 heavy (non-hydrogen) atoms. The fraction of sp³-hybridized carbons (Fsp3) is 0.444. The standard InChI is InChI=1S/C9H13N3O/c1-2-5-13-9(3-4-9)7-6-11-12-8(7)10/h2,6H,1,3-5H2,(H3,10,11,12). The van der Waals surface area contributed by atoms with E-state index in [1.54, 1.807) is 12.3 Å². The van der Waals surface area contributed by atoms with Gasteiger partial charge in [-0.2, -0.15) is 5.10 Å². The number of ether oxygens (including phenoxy) is 1. The summed E-state index contributed by atoms with van der Waals surface area (Å²) in [6.45, 7) is 4.18. The Morgan fingerprint density at radius 1 is 1.77 bits per heavy atom. The molecule has 0 spiro atoms. The molecule has 4 nitrogen and oxygen atoms in total. The highest BCUT2D eigenvalue weighted by Gasteiger charge is 2.47. The molecule has 1 aliphatic rings. The molecule has 0 radical (unpaired) electrons. The van der Waals surface area contributed by atoms with E-state index in [0.717, 1.165) is 18.4 Å². The van der Waals surface area contributed by atoms with Crippen molar-refractivity contribution < 1.29 is 4.74 Å². The van der Waals surface area contributed by atoms with Gasteiger partial charge in [-0.1, -0.05) is 6.08 Å². The number of nitrogens with zero attached hydrogens (tertiary/aromatic N) is 1. The molecule has 2 rings (SSSR count). The first-order chi connectivity index (χ1) is 6.28. The molecule has 1 aromatic rings. The van der Waals surface area contributed by atoms with Gasteiger partial charge < -0.3 is 10.5 Å². The SMILES string of the molecule is C=CCOC1(c2cn[nH]c2N)CC1. The predicted molar refractivity (Wildman–Crippen MR) is 50.1 cm³/mol. The second-order valence-electron chi connectivity index (χ2n) is 3.29. The number of aromatic nitrogens is 2. The highest BCUT2D eigenvalue weighted by Crippen LogP contribution is 2.50. The summed E-state index contributed by atoms with van der Waals surface area (Å²) in [4.78, 5) is 0. The third kappa shape index (κ3) is 1.33. The van der Waals surface area contributed by atoms with Gasteiger partial charge in [-0.15, -0.1) is 6.58 Å². The molecule has 0 aliphatic heterocycles. The van der Waals surface area contributed by atoms with E-state index >= 15 is 0 Å². The molecule has 4 heteroatoms. The number of H-pyrrole nitrogens is 1. The van der Waals surface area contributed by atoms with Crippen LogP contribution in [0.15, 0.2) is 18.9 Å². The van der Waals surface area contributed by atoms with Crippen molar-refractivity contribution in [1.29, 1.82) is 0 Å². The second kappa shape index (κ2) is 2.88. The Balaban J connectivity index is 2.15. The molecule has 0 atom stereocenters. The molecule has 1 aromatic heterocycles. The van der Waals surface area contributed by atoms with Crippen LogP contribution in [0.3, 0.4) is 0 Å². The van der Waals surface area contributed by atoms with Crippen molar-refractivity contribution >= 4 is 5.82 Å². The van der Waals surface area contributed by atoms with Crippen molar-refractivity contribution in [1.82, 2.24) is 10.2 Å². The van der Waals surface area contributed by atoms with Crippen molar-refractivity contribution in [2.75, 3.05) is 12.3 Å². The van der Waals surface area contributed by atoms with Crippen LogP contribution in [0.1, 0.15) is 18.4 Å². The molecule has 0 amide bonds. The van der Waals surface area contributed by atoms with Crippen molar-refractivity contribution in [3.63, 3.8) is 0 Å². The van der Waals surface area contributed by atoms with E-state index in [-0.39, 0.29) is 5.60 Å². The zero-order valence-corrected chi connectivity index (χ0v) is 7.42. The Hall–Kier alpha value is -1.29. The third-order valence-corrected chi connectivity index (χ3v) is 2.34. The molecule has 3 N–H and O–H groups in total. The van der Waals surface area contributed by atoms with Gasteiger partial charge in [0.25, 0.3) is 0 Å². The molecule has 0 saturated heterocycles. The van der Waals surface area contributed by atoms with Gasteiger partial charge in [-0.05, 0) is 12.8 Å². The smallest absolute Gasteiger partial charge is 0.124 e. The number of nitrogens with one attached hydrogen (secondary N) is 1. The molecule has 70 valence electrons. The Morgan fingerprint density at radius 3 is 3.00 bits per heavy atom. The van der Waals surface area contributed by atoms with Crippen LogP contribution in [0.25, 0.3) is 0 Å². The zero-order chi connectivity index (χ0) is 9.31. The van der Waals surface area contributed by atoms with Crippen LogP contribution < -0.4 is 5.73 Å². The number of nitrogen functional groups attached to an aromatic ring is 1. The number of hydrogen-bond donors (Lipinski definition) is 2. The van der Waals surface area contributed by atoms with Crippen molar-refractivity contribution in [3.05, 3.63) is 24.4 Å². The maximum Gasteiger partial charge on any atom is 0.124 e. The highest BCUT2D eigenvalue weighted by molar-refractivity contribution is 5.44. The number of anilines is 1. The van der Waals surface area contributed by atoms with Gasteiger partial charge in [-0.25, -0.2) is 0 Å². The van der Waals surface area contributed by atoms with Crippen LogP contribution in [0.2, 0.25) is 0 Å². The summed E-state index contributed by atoms with van der Waals surface area (Å²) in [5, 5.41) is 6.59. The van der Waals surface area contributed by atoms with Crippen LogP contribution in [0.5, 0.6) is 0 Å². The maximum atomic E-state index is 5.71. The predicted octanol–water partition coefficient (Wildman–Crippen LogP) is 1.18. The zero-order valence-electron chi connectivity index (χ0n) is 7.42. The van der Waals surface area contributed by atoms with E-state index in [9.17, 15) is 0 Å². The summed E-state index contributed by atoms with van der Waals surface area (Å²) in [6.07, 6.45) is 5.52. The number of hydrogen-bond acceptors (Lipinski definition) is 3. The van der Waals surface area contributed by atoms with E-state index < -0.39 is 0 Å². The van der Waals surface area contributed by atoms with Gasteiger partial charge in [0.1, 0.15) is 5.82 Å². The van der Waals surface area contributed by atoms with Gasteiger partial charge in [0.2, 0.25) is 0 Å². The topological polar surface area (TPSA) is 63.9 Å². The van der Waals surface area contributed by atoms with Crippen molar-refractivity contribution in [2.24, 2.45) is 0 Å². The number of aromatic amines is 1. The first-order valence-electron chi connectivity index (χ1n) is 4.33. The van der Waals surface area contributed by atoms with Crippen LogP contribution in [-0.4, -0.2) is 16.8 Å². The van der Waals surface area contributed by atoms with E-state index in [1.807, 2.05) is 0 Å². The molecule has 0 bridgehead atoms. The Bertz CT molecular complexity index is 314. The lowest BCUT2D eigenvalue weighted by molar-refractivity contribution is 0.0514. The van der Waals surface area contributed by atoms with Gasteiger partial charge in [-0.3, -0.25) is 5.10 Å². The quantitative estimate of drug-likeness (QED) is 0.682. The normalized spacial score (nSPS) is 18.5. The van der Waals surface area contributed by atoms with E-state index in [1.165, 1.54) is 0 Å². The molecule has 1 saturated carbocycles. The average Bonchev–Trinajstić information content (AvgIpc) is 2.80. The van der Waals surface area contributed by atoms with Gasteiger partial charge >= 0.3 is 0 Å². The van der Waals surface area contributed by atoms with E-state index in [0.29, 0.717) is 12.4 Å². The van der Waals surface area contributed by atoms with Crippen molar-refractivity contribution in [2.45, 2.75) is 18.4 Å². The van der Waals surface area contributed by atoms with Gasteiger partial charge in [0.05, 0.1) is 18.4 Å². The van der Waals surface area contributed by atoms with Crippen LogP contribution in [0.4, 0.5) is 5.82 Å². The minimum atomic E-state index is -0.175. The molecule has 0 unspecified atom stereocenters. The summed E-state index contributed by atoms with van der Waals surface area (Å²) < 4.78 is 5.66.